The summed E-state index contributed by atoms with van der Waals surface area (Å²) < 4.78 is 29.5. The molecule has 1 aliphatic heterocycles. The Morgan fingerprint density at radius 1 is 1.17 bits per heavy atom. The van der Waals surface area contributed by atoms with Gasteiger partial charge in [0.2, 0.25) is 0 Å². The van der Waals surface area contributed by atoms with Crippen molar-refractivity contribution in [1.29, 1.82) is 0 Å². The largest absolute Gasteiger partial charge is 0.494 e. The van der Waals surface area contributed by atoms with Crippen LogP contribution < -0.4 is 15.4 Å². The summed E-state index contributed by atoms with van der Waals surface area (Å²) >= 11 is 1.47. The number of benzene rings is 1. The molecule has 7 nitrogen and oxygen atoms in total. The third kappa shape index (κ3) is 6.11. The Kier molecular flexibility index (Phi) is 7.80. The molecule has 0 bridgehead atoms. The van der Waals surface area contributed by atoms with Gasteiger partial charge in [-0.15, -0.1) is 11.3 Å². The van der Waals surface area contributed by atoms with E-state index in [1.165, 1.54) is 11.3 Å². The monoisotopic (exact) mass is 532 g/mol. The van der Waals surface area contributed by atoms with Crippen LogP contribution in [0.2, 0.25) is 0 Å². The van der Waals surface area contributed by atoms with Crippen LogP contribution in [0.15, 0.2) is 24.3 Å². The first-order valence-corrected chi connectivity index (χ1v) is 15.3. The standard InChI is InChI=1S/C27H36N2O5S2/c1-5-12-34-20-8-6-7-17(14-20)24(30)29-26-23(25(31)28-19-11-13-36(32,33)16-19)21-10-9-18(27(2,3)4)15-22(21)35-26/h6-8,14,18-19H,5,9-13,15-16H2,1-4H3,(H,28,31)(H,29,30). The van der Waals surface area contributed by atoms with Crippen LogP contribution in [0.3, 0.4) is 0 Å². The number of thiophene rings is 1. The van der Waals surface area contributed by atoms with Gasteiger partial charge in [-0.25, -0.2) is 8.42 Å². The minimum atomic E-state index is -3.12. The molecule has 1 aliphatic carbocycles. The van der Waals surface area contributed by atoms with Crippen molar-refractivity contribution in [3.8, 4) is 5.75 Å². The maximum absolute atomic E-state index is 13.5. The van der Waals surface area contributed by atoms with Gasteiger partial charge in [-0.05, 0) is 67.2 Å². The van der Waals surface area contributed by atoms with Crippen molar-refractivity contribution < 1.29 is 22.7 Å². The topological polar surface area (TPSA) is 102 Å². The van der Waals surface area contributed by atoms with Gasteiger partial charge in [0.25, 0.3) is 11.8 Å². The van der Waals surface area contributed by atoms with Gasteiger partial charge in [0.05, 0.1) is 23.7 Å². The lowest BCUT2D eigenvalue weighted by atomic mass is 9.72. The Morgan fingerprint density at radius 3 is 2.61 bits per heavy atom. The summed E-state index contributed by atoms with van der Waals surface area (Å²) in [6.07, 6.45) is 3.87. The average Bonchev–Trinajstić information content (AvgIpc) is 3.35. The molecule has 2 N–H and O–H groups in total. The molecule has 0 spiro atoms. The van der Waals surface area contributed by atoms with Crippen LogP contribution in [0.1, 0.15) is 78.1 Å². The summed E-state index contributed by atoms with van der Waals surface area (Å²) in [5.74, 6) is 0.551. The smallest absolute Gasteiger partial charge is 0.256 e. The number of carbonyl (C=O) groups is 2. The van der Waals surface area contributed by atoms with E-state index in [2.05, 4.69) is 31.4 Å². The van der Waals surface area contributed by atoms with E-state index in [-0.39, 0.29) is 28.7 Å². The molecule has 2 heterocycles. The highest BCUT2D eigenvalue weighted by Crippen LogP contribution is 2.44. The van der Waals surface area contributed by atoms with E-state index in [0.29, 0.717) is 40.8 Å². The van der Waals surface area contributed by atoms with Gasteiger partial charge >= 0.3 is 0 Å². The fraction of sp³-hybridized carbons (Fsp3) is 0.556. The Hall–Kier alpha value is -2.39. The highest BCUT2D eigenvalue weighted by molar-refractivity contribution is 7.91. The molecule has 1 saturated heterocycles. The molecular formula is C27H36N2O5S2. The van der Waals surface area contributed by atoms with Crippen LogP contribution >= 0.6 is 11.3 Å². The van der Waals surface area contributed by atoms with Crippen molar-refractivity contribution >= 4 is 38.0 Å². The van der Waals surface area contributed by atoms with Crippen LogP contribution in [0.4, 0.5) is 5.00 Å². The quantitative estimate of drug-likeness (QED) is 0.530. The van der Waals surface area contributed by atoms with Crippen molar-refractivity contribution in [2.45, 2.75) is 65.8 Å². The fourth-order valence-electron chi connectivity index (χ4n) is 4.94. The lowest BCUT2D eigenvalue weighted by molar-refractivity contribution is 0.0941. The number of sulfone groups is 1. The molecule has 2 aliphatic rings. The number of carbonyl (C=O) groups excluding carboxylic acids is 2. The van der Waals surface area contributed by atoms with Gasteiger partial charge in [0, 0.05) is 16.5 Å². The van der Waals surface area contributed by atoms with Crippen molar-refractivity contribution in [3.05, 3.63) is 45.8 Å². The fourth-order valence-corrected chi connectivity index (χ4v) is 7.94. The Labute approximate surface area is 217 Å². The third-order valence-electron chi connectivity index (χ3n) is 7.08. The Balaban J connectivity index is 1.62. The van der Waals surface area contributed by atoms with E-state index in [1.54, 1.807) is 18.2 Å². The molecular weight excluding hydrogens is 496 g/mol. The molecule has 9 heteroatoms. The lowest BCUT2D eigenvalue weighted by Crippen LogP contribution is -2.36. The Morgan fingerprint density at radius 2 is 1.94 bits per heavy atom. The lowest BCUT2D eigenvalue weighted by Gasteiger charge is -2.33. The summed E-state index contributed by atoms with van der Waals surface area (Å²) in [5, 5.41) is 6.45. The van der Waals surface area contributed by atoms with Crippen LogP contribution in [0.5, 0.6) is 5.75 Å². The van der Waals surface area contributed by atoms with Crippen LogP contribution in [0, 0.1) is 11.3 Å². The number of hydrogen-bond acceptors (Lipinski definition) is 6. The summed E-state index contributed by atoms with van der Waals surface area (Å²) in [7, 11) is -3.12. The summed E-state index contributed by atoms with van der Waals surface area (Å²) in [6, 6.07) is 6.62. The predicted octanol–water partition coefficient (Wildman–Crippen LogP) is 4.86. The van der Waals surface area contributed by atoms with E-state index in [1.807, 2.05) is 13.0 Å². The average molecular weight is 533 g/mol. The van der Waals surface area contributed by atoms with E-state index in [4.69, 9.17) is 4.74 Å². The normalized spacial score (nSPS) is 21.0. The maximum Gasteiger partial charge on any atom is 0.256 e. The number of rotatable bonds is 7. The van der Waals surface area contributed by atoms with Gasteiger partial charge in [0.1, 0.15) is 10.8 Å². The summed E-state index contributed by atoms with van der Waals surface area (Å²) in [6.45, 7) is 9.30. The molecule has 36 heavy (non-hydrogen) atoms. The number of ether oxygens (including phenoxy) is 1. The van der Waals surface area contributed by atoms with Gasteiger partial charge in [-0.3, -0.25) is 9.59 Å². The van der Waals surface area contributed by atoms with Gasteiger partial charge in [-0.1, -0.05) is 33.8 Å². The van der Waals surface area contributed by atoms with Crippen molar-refractivity contribution in [3.63, 3.8) is 0 Å². The van der Waals surface area contributed by atoms with Gasteiger partial charge in [-0.2, -0.15) is 0 Å². The van der Waals surface area contributed by atoms with Crippen molar-refractivity contribution in [2.75, 3.05) is 23.4 Å². The predicted molar refractivity (Wildman–Crippen MR) is 144 cm³/mol. The van der Waals surface area contributed by atoms with Gasteiger partial charge < -0.3 is 15.4 Å². The van der Waals surface area contributed by atoms with Crippen LogP contribution in [0.25, 0.3) is 0 Å². The minimum Gasteiger partial charge on any atom is -0.494 e. The molecule has 0 saturated carbocycles. The molecule has 2 amide bonds. The Bertz CT molecular complexity index is 1240. The molecule has 2 unspecified atom stereocenters. The molecule has 0 radical (unpaired) electrons. The molecule has 2 atom stereocenters. The van der Waals surface area contributed by atoms with Gasteiger partial charge in [0.15, 0.2) is 9.84 Å². The van der Waals surface area contributed by atoms with E-state index in [9.17, 15) is 18.0 Å². The van der Waals surface area contributed by atoms with E-state index < -0.39 is 15.9 Å². The zero-order chi connectivity index (χ0) is 26.1. The number of amides is 2. The molecule has 196 valence electrons. The number of fused-ring (bicyclic) bond motifs is 1. The SMILES string of the molecule is CCCOc1cccc(C(=O)Nc2sc3c(c2C(=O)NC2CCS(=O)(=O)C2)CCC(C(C)(C)C)C3)c1. The highest BCUT2D eigenvalue weighted by atomic mass is 32.2. The number of nitrogens with one attached hydrogen (secondary N) is 2. The zero-order valence-corrected chi connectivity index (χ0v) is 23.1. The first-order valence-electron chi connectivity index (χ1n) is 12.7. The number of hydrogen-bond donors (Lipinski definition) is 2. The van der Waals surface area contributed by atoms with Crippen LogP contribution in [-0.2, 0) is 22.7 Å². The minimum absolute atomic E-state index is 0.0383. The summed E-state index contributed by atoms with van der Waals surface area (Å²) in [4.78, 5) is 27.8. The first kappa shape index (κ1) is 26.7. The second-order valence-corrected chi connectivity index (χ2v) is 14.3. The third-order valence-corrected chi connectivity index (χ3v) is 10.0. The van der Waals surface area contributed by atoms with Crippen molar-refractivity contribution in [2.24, 2.45) is 11.3 Å². The van der Waals surface area contributed by atoms with Crippen molar-refractivity contribution in [1.82, 2.24) is 5.32 Å². The maximum atomic E-state index is 13.5. The summed E-state index contributed by atoms with van der Waals surface area (Å²) in [5.41, 5.74) is 2.06. The van der Waals surface area contributed by atoms with Crippen LogP contribution in [-0.4, -0.2) is 44.4 Å². The zero-order valence-electron chi connectivity index (χ0n) is 21.5. The second kappa shape index (κ2) is 10.5. The highest BCUT2D eigenvalue weighted by Gasteiger charge is 2.36. The molecule has 1 aromatic heterocycles. The molecule has 2 aromatic rings. The molecule has 4 rings (SSSR count). The molecule has 1 fully saturated rings. The molecule has 1 aromatic carbocycles. The second-order valence-electron chi connectivity index (χ2n) is 10.9. The first-order chi connectivity index (χ1) is 17.0. The van der Waals surface area contributed by atoms with E-state index in [0.717, 1.165) is 36.1 Å². The van der Waals surface area contributed by atoms with E-state index >= 15 is 0 Å². The number of anilines is 1.